The summed E-state index contributed by atoms with van der Waals surface area (Å²) in [5.74, 6) is 0. The SMILES string of the molecule is CSc1cc(-n2ccc(C)n2)ccc1[N+](=O)[O-]. The zero-order valence-electron chi connectivity index (χ0n) is 9.45. The summed E-state index contributed by atoms with van der Waals surface area (Å²) >= 11 is 1.36. The molecule has 0 fully saturated rings. The first kappa shape index (κ1) is 11.7. The summed E-state index contributed by atoms with van der Waals surface area (Å²) in [4.78, 5) is 11.1. The van der Waals surface area contributed by atoms with Crippen LogP contribution in [0.15, 0.2) is 35.4 Å². The van der Waals surface area contributed by atoms with E-state index in [9.17, 15) is 10.1 Å². The van der Waals surface area contributed by atoms with E-state index in [0.29, 0.717) is 4.90 Å². The minimum atomic E-state index is -0.371. The summed E-state index contributed by atoms with van der Waals surface area (Å²) in [5, 5.41) is 15.1. The molecule has 0 aliphatic heterocycles. The lowest BCUT2D eigenvalue weighted by molar-refractivity contribution is -0.387. The second-order valence-electron chi connectivity index (χ2n) is 3.51. The van der Waals surface area contributed by atoms with E-state index in [2.05, 4.69) is 5.10 Å². The van der Waals surface area contributed by atoms with E-state index in [4.69, 9.17) is 0 Å². The van der Waals surface area contributed by atoms with Gasteiger partial charge in [0.05, 0.1) is 21.2 Å². The van der Waals surface area contributed by atoms with Crippen LogP contribution in [0.3, 0.4) is 0 Å². The third-order valence-electron chi connectivity index (χ3n) is 2.35. The summed E-state index contributed by atoms with van der Waals surface area (Å²) in [7, 11) is 0. The molecule has 0 spiro atoms. The average Bonchev–Trinajstić information content (AvgIpc) is 2.75. The molecule has 0 saturated carbocycles. The van der Waals surface area contributed by atoms with Gasteiger partial charge in [0.1, 0.15) is 0 Å². The lowest BCUT2D eigenvalue weighted by Crippen LogP contribution is -1.97. The number of hydrogen-bond acceptors (Lipinski definition) is 4. The average molecular weight is 249 g/mol. The van der Waals surface area contributed by atoms with Gasteiger partial charge in [0.2, 0.25) is 0 Å². The van der Waals surface area contributed by atoms with Crippen LogP contribution in [0.4, 0.5) is 5.69 Å². The number of rotatable bonds is 3. The molecule has 1 heterocycles. The normalized spacial score (nSPS) is 10.5. The number of nitrogens with zero attached hydrogens (tertiary/aromatic N) is 3. The topological polar surface area (TPSA) is 61.0 Å². The Balaban J connectivity index is 2.48. The van der Waals surface area contributed by atoms with Gasteiger partial charge in [0.15, 0.2) is 0 Å². The molecule has 17 heavy (non-hydrogen) atoms. The molecule has 0 aliphatic rings. The predicted molar refractivity (Wildman–Crippen MR) is 66.7 cm³/mol. The molecule has 0 aliphatic carbocycles. The maximum atomic E-state index is 10.8. The van der Waals surface area contributed by atoms with Gasteiger partial charge < -0.3 is 0 Å². The molecule has 1 aromatic carbocycles. The van der Waals surface area contributed by atoms with Crippen molar-refractivity contribution in [2.75, 3.05) is 6.26 Å². The van der Waals surface area contributed by atoms with Crippen LogP contribution >= 0.6 is 11.8 Å². The maximum absolute atomic E-state index is 10.8. The van der Waals surface area contributed by atoms with Gasteiger partial charge in [-0.2, -0.15) is 5.10 Å². The summed E-state index contributed by atoms with van der Waals surface area (Å²) < 4.78 is 1.71. The minimum absolute atomic E-state index is 0.130. The van der Waals surface area contributed by atoms with Crippen molar-refractivity contribution in [3.8, 4) is 5.69 Å². The van der Waals surface area contributed by atoms with Gasteiger partial charge in [0.25, 0.3) is 5.69 Å². The fourth-order valence-electron chi connectivity index (χ4n) is 1.52. The van der Waals surface area contributed by atoms with Crippen molar-refractivity contribution in [2.45, 2.75) is 11.8 Å². The van der Waals surface area contributed by atoms with Crippen molar-refractivity contribution in [2.24, 2.45) is 0 Å². The number of nitro benzene ring substituents is 1. The zero-order valence-corrected chi connectivity index (χ0v) is 10.3. The Morgan fingerprint density at radius 2 is 2.18 bits per heavy atom. The monoisotopic (exact) mass is 249 g/mol. The Morgan fingerprint density at radius 3 is 2.71 bits per heavy atom. The highest BCUT2D eigenvalue weighted by atomic mass is 32.2. The molecule has 0 atom stereocenters. The Morgan fingerprint density at radius 1 is 1.41 bits per heavy atom. The van der Waals surface area contributed by atoms with Crippen molar-refractivity contribution in [3.63, 3.8) is 0 Å². The van der Waals surface area contributed by atoms with Crippen LogP contribution in [-0.4, -0.2) is 21.0 Å². The van der Waals surface area contributed by atoms with Crippen LogP contribution < -0.4 is 0 Å². The molecule has 0 radical (unpaired) electrons. The third-order valence-corrected chi connectivity index (χ3v) is 3.11. The van der Waals surface area contributed by atoms with E-state index in [-0.39, 0.29) is 10.6 Å². The van der Waals surface area contributed by atoms with E-state index >= 15 is 0 Å². The van der Waals surface area contributed by atoms with E-state index in [1.54, 1.807) is 16.8 Å². The first-order chi connectivity index (χ1) is 8.11. The number of aromatic nitrogens is 2. The zero-order chi connectivity index (χ0) is 12.4. The Labute approximate surface area is 103 Å². The Bertz CT molecular complexity index is 566. The highest BCUT2D eigenvalue weighted by molar-refractivity contribution is 7.98. The first-order valence-electron chi connectivity index (χ1n) is 4.97. The lowest BCUT2D eigenvalue weighted by atomic mass is 10.3. The van der Waals surface area contributed by atoms with Crippen LogP contribution in [0.2, 0.25) is 0 Å². The summed E-state index contributed by atoms with van der Waals surface area (Å²) in [6.07, 6.45) is 3.65. The van der Waals surface area contributed by atoms with E-state index < -0.39 is 0 Å². The van der Waals surface area contributed by atoms with Crippen LogP contribution in [0.1, 0.15) is 5.69 Å². The molecule has 0 saturated heterocycles. The van der Waals surface area contributed by atoms with Gasteiger partial charge in [-0.05, 0) is 31.4 Å². The molecular formula is C11H11N3O2S. The van der Waals surface area contributed by atoms with Gasteiger partial charge in [-0.3, -0.25) is 10.1 Å². The quantitative estimate of drug-likeness (QED) is 0.476. The smallest absolute Gasteiger partial charge is 0.258 e. The maximum Gasteiger partial charge on any atom is 0.283 e. The van der Waals surface area contributed by atoms with Gasteiger partial charge in [-0.25, -0.2) is 4.68 Å². The van der Waals surface area contributed by atoms with Crippen molar-refractivity contribution in [3.05, 3.63) is 46.3 Å². The first-order valence-corrected chi connectivity index (χ1v) is 6.19. The lowest BCUT2D eigenvalue weighted by Gasteiger charge is -2.04. The van der Waals surface area contributed by atoms with Gasteiger partial charge >= 0.3 is 0 Å². The second kappa shape index (κ2) is 4.58. The summed E-state index contributed by atoms with van der Waals surface area (Å²) in [6.45, 7) is 1.90. The predicted octanol–water partition coefficient (Wildman–Crippen LogP) is 2.81. The second-order valence-corrected chi connectivity index (χ2v) is 4.36. The minimum Gasteiger partial charge on any atom is -0.258 e. The Hall–Kier alpha value is -1.82. The molecule has 0 bridgehead atoms. The number of thioether (sulfide) groups is 1. The van der Waals surface area contributed by atoms with Crippen molar-refractivity contribution < 1.29 is 4.92 Å². The Kier molecular flexibility index (Phi) is 3.14. The third kappa shape index (κ3) is 2.31. The van der Waals surface area contributed by atoms with Crippen LogP contribution in [0.25, 0.3) is 5.69 Å². The number of nitro groups is 1. The standard InChI is InChI=1S/C11H11N3O2S/c1-8-5-6-13(12-8)9-3-4-10(14(15)16)11(7-9)17-2/h3-7H,1-2H3. The molecule has 0 amide bonds. The fourth-order valence-corrected chi connectivity index (χ4v) is 2.11. The molecule has 6 heteroatoms. The highest BCUT2D eigenvalue weighted by Gasteiger charge is 2.13. The van der Waals surface area contributed by atoms with Crippen LogP contribution in [0.5, 0.6) is 0 Å². The van der Waals surface area contributed by atoms with Crippen molar-refractivity contribution in [1.82, 2.24) is 9.78 Å². The van der Waals surface area contributed by atoms with Gasteiger partial charge in [-0.1, -0.05) is 0 Å². The molecule has 0 N–H and O–H groups in total. The van der Waals surface area contributed by atoms with Gasteiger partial charge in [-0.15, -0.1) is 11.8 Å². The molecule has 2 rings (SSSR count). The highest BCUT2D eigenvalue weighted by Crippen LogP contribution is 2.29. The molecule has 2 aromatic rings. The molecule has 0 unspecified atom stereocenters. The van der Waals surface area contributed by atoms with Crippen molar-refractivity contribution in [1.29, 1.82) is 0 Å². The molecule has 5 nitrogen and oxygen atoms in total. The van der Waals surface area contributed by atoms with Crippen molar-refractivity contribution >= 4 is 17.4 Å². The summed E-state index contributed by atoms with van der Waals surface area (Å²) in [6, 6.07) is 6.87. The largest absolute Gasteiger partial charge is 0.283 e. The van der Waals surface area contributed by atoms with Crippen LogP contribution in [0, 0.1) is 17.0 Å². The van der Waals surface area contributed by atoms with E-state index in [1.807, 2.05) is 25.4 Å². The number of aryl methyl sites for hydroxylation is 1. The van der Waals surface area contributed by atoms with Crippen LogP contribution in [-0.2, 0) is 0 Å². The summed E-state index contributed by atoms with van der Waals surface area (Å²) in [5.41, 5.74) is 1.87. The molecule has 1 aromatic heterocycles. The van der Waals surface area contributed by atoms with Gasteiger partial charge in [0, 0.05) is 12.3 Å². The number of benzene rings is 1. The number of hydrogen-bond donors (Lipinski definition) is 0. The van der Waals surface area contributed by atoms with E-state index in [1.165, 1.54) is 17.8 Å². The molecule has 88 valence electrons. The van der Waals surface area contributed by atoms with E-state index in [0.717, 1.165) is 11.4 Å². The molecular weight excluding hydrogens is 238 g/mol. The fraction of sp³-hybridized carbons (Fsp3) is 0.182.